The number of rotatable bonds is 4. The molecule has 1 aliphatic heterocycles. The number of alkyl halides is 3. The number of hydrazone groups is 1. The van der Waals surface area contributed by atoms with Crippen molar-refractivity contribution >= 4 is 35.0 Å². The summed E-state index contributed by atoms with van der Waals surface area (Å²) in [7, 11) is 0. The summed E-state index contributed by atoms with van der Waals surface area (Å²) in [6.45, 7) is 5.96. The maximum atomic E-state index is 13.2. The SMILES string of the molecule is CC(C)(C)C1=NN(c2ccccc2)C(=O)C1=Cc1ccc(Oc2ncc(C(F)(F)F)cc2Cl)cc1. The number of para-hydroxylation sites is 1. The zero-order valence-corrected chi connectivity index (χ0v) is 19.9. The van der Waals surface area contributed by atoms with Gasteiger partial charge in [-0.2, -0.15) is 23.3 Å². The number of benzene rings is 2. The van der Waals surface area contributed by atoms with E-state index in [-0.39, 0.29) is 22.2 Å². The largest absolute Gasteiger partial charge is 0.438 e. The molecular weight excluding hydrogens is 479 g/mol. The normalized spacial score (nSPS) is 15.5. The van der Waals surface area contributed by atoms with Crippen molar-refractivity contribution < 1.29 is 22.7 Å². The quantitative estimate of drug-likeness (QED) is 0.352. The molecule has 2 aromatic carbocycles. The zero-order chi connectivity index (χ0) is 25.4. The summed E-state index contributed by atoms with van der Waals surface area (Å²) in [6, 6.07) is 16.6. The lowest BCUT2D eigenvalue weighted by Crippen LogP contribution is -2.24. The molecule has 5 nitrogen and oxygen atoms in total. The minimum atomic E-state index is -4.55. The van der Waals surface area contributed by atoms with Crippen molar-refractivity contribution in [2.24, 2.45) is 10.5 Å². The first-order chi connectivity index (χ1) is 16.4. The van der Waals surface area contributed by atoms with E-state index < -0.39 is 11.7 Å². The zero-order valence-electron chi connectivity index (χ0n) is 19.1. The number of nitrogens with zero attached hydrogens (tertiary/aromatic N) is 3. The fourth-order valence-corrected chi connectivity index (χ4v) is 3.61. The Labute approximate surface area is 205 Å². The molecule has 0 fully saturated rings. The van der Waals surface area contributed by atoms with Crippen LogP contribution < -0.4 is 9.75 Å². The molecule has 0 saturated carbocycles. The summed E-state index contributed by atoms with van der Waals surface area (Å²) in [5.74, 6) is -0.0470. The average molecular weight is 500 g/mol. The number of aromatic nitrogens is 1. The van der Waals surface area contributed by atoms with Gasteiger partial charge >= 0.3 is 6.18 Å². The van der Waals surface area contributed by atoms with Crippen LogP contribution in [0.5, 0.6) is 11.6 Å². The van der Waals surface area contributed by atoms with Gasteiger partial charge in [0.25, 0.3) is 5.91 Å². The highest BCUT2D eigenvalue weighted by Gasteiger charge is 2.37. The highest BCUT2D eigenvalue weighted by atomic mass is 35.5. The van der Waals surface area contributed by atoms with Crippen molar-refractivity contribution in [1.82, 2.24) is 4.98 Å². The molecule has 9 heteroatoms. The summed E-state index contributed by atoms with van der Waals surface area (Å²) in [4.78, 5) is 16.9. The number of halogens is 4. The van der Waals surface area contributed by atoms with Crippen LogP contribution in [0.4, 0.5) is 18.9 Å². The van der Waals surface area contributed by atoms with Gasteiger partial charge in [-0.25, -0.2) is 4.98 Å². The van der Waals surface area contributed by atoms with Gasteiger partial charge in [-0.3, -0.25) is 4.79 Å². The van der Waals surface area contributed by atoms with Crippen LogP contribution in [0, 0.1) is 5.41 Å². The van der Waals surface area contributed by atoms with Crippen LogP contribution in [0.25, 0.3) is 6.08 Å². The highest BCUT2D eigenvalue weighted by molar-refractivity contribution is 6.34. The lowest BCUT2D eigenvalue weighted by molar-refractivity contribution is -0.137. The Hall–Kier alpha value is -3.65. The Morgan fingerprint density at radius 2 is 1.66 bits per heavy atom. The second-order valence-corrected chi connectivity index (χ2v) is 9.30. The van der Waals surface area contributed by atoms with Crippen LogP contribution in [0.3, 0.4) is 0 Å². The monoisotopic (exact) mass is 499 g/mol. The minimum absolute atomic E-state index is 0.141. The molecule has 0 N–H and O–H groups in total. The molecule has 1 aliphatic rings. The van der Waals surface area contributed by atoms with Gasteiger partial charge in [0.15, 0.2) is 0 Å². The maximum absolute atomic E-state index is 13.2. The molecule has 1 amide bonds. The Kier molecular flexibility index (Phi) is 6.42. The van der Waals surface area contributed by atoms with E-state index in [9.17, 15) is 18.0 Å². The molecule has 2 heterocycles. The molecule has 0 atom stereocenters. The predicted molar refractivity (Wildman–Crippen MR) is 130 cm³/mol. The summed E-state index contributed by atoms with van der Waals surface area (Å²) >= 11 is 5.92. The van der Waals surface area contributed by atoms with Gasteiger partial charge in [-0.05, 0) is 42.0 Å². The topological polar surface area (TPSA) is 54.8 Å². The second-order valence-electron chi connectivity index (χ2n) is 8.89. The number of carbonyl (C=O) groups is 1. The van der Waals surface area contributed by atoms with Gasteiger partial charge in [0.2, 0.25) is 5.88 Å². The molecule has 180 valence electrons. The highest BCUT2D eigenvalue weighted by Crippen LogP contribution is 2.35. The van der Waals surface area contributed by atoms with Crippen LogP contribution >= 0.6 is 11.6 Å². The fourth-order valence-electron chi connectivity index (χ4n) is 3.41. The van der Waals surface area contributed by atoms with Crippen LogP contribution in [0.1, 0.15) is 31.9 Å². The number of hydrogen-bond donors (Lipinski definition) is 0. The number of ether oxygens (including phenoxy) is 1. The molecule has 35 heavy (non-hydrogen) atoms. The summed E-state index contributed by atoms with van der Waals surface area (Å²) in [5.41, 5.74) is 1.19. The summed E-state index contributed by atoms with van der Waals surface area (Å²) < 4.78 is 44.0. The molecule has 4 rings (SSSR count). The van der Waals surface area contributed by atoms with Crippen molar-refractivity contribution in [2.45, 2.75) is 26.9 Å². The van der Waals surface area contributed by atoms with Crippen LogP contribution in [-0.2, 0) is 11.0 Å². The standard InChI is InChI=1S/C26H21ClF3N3O2/c1-25(2,3)22-20(24(34)33(32-22)18-7-5-4-6-8-18)13-16-9-11-19(12-10-16)35-23-21(27)14-17(15-31-23)26(28,29)30/h4-15H,1-3H3. The lowest BCUT2D eigenvalue weighted by atomic mass is 9.85. The van der Waals surface area contributed by atoms with E-state index in [0.717, 1.165) is 11.6 Å². The molecular formula is C26H21ClF3N3O2. The molecule has 0 unspecified atom stereocenters. The van der Waals surface area contributed by atoms with Crippen molar-refractivity contribution in [2.75, 3.05) is 5.01 Å². The van der Waals surface area contributed by atoms with Gasteiger partial charge in [0.05, 0.1) is 22.5 Å². The molecule has 0 bridgehead atoms. The number of amides is 1. The van der Waals surface area contributed by atoms with E-state index in [2.05, 4.69) is 10.1 Å². The minimum Gasteiger partial charge on any atom is -0.438 e. The Morgan fingerprint density at radius 3 is 2.23 bits per heavy atom. The van der Waals surface area contributed by atoms with E-state index in [1.807, 2.05) is 51.1 Å². The van der Waals surface area contributed by atoms with Crippen molar-refractivity contribution in [1.29, 1.82) is 0 Å². The van der Waals surface area contributed by atoms with Crippen LogP contribution in [-0.4, -0.2) is 16.6 Å². The second kappa shape index (κ2) is 9.19. The van der Waals surface area contributed by atoms with Crippen molar-refractivity contribution in [3.8, 4) is 11.6 Å². The summed E-state index contributed by atoms with van der Waals surface area (Å²) in [5, 5.41) is 5.74. The molecule has 1 aromatic heterocycles. The third kappa shape index (κ3) is 5.38. The van der Waals surface area contributed by atoms with Gasteiger partial charge in [0, 0.05) is 11.6 Å². The first kappa shape index (κ1) is 24.5. The molecule has 0 aliphatic carbocycles. The average Bonchev–Trinajstić information content (AvgIpc) is 3.13. The van der Waals surface area contributed by atoms with E-state index >= 15 is 0 Å². The molecule has 0 spiro atoms. The van der Waals surface area contributed by atoms with Gasteiger partial charge in [-0.1, -0.05) is 62.7 Å². The van der Waals surface area contributed by atoms with Gasteiger partial charge in [0.1, 0.15) is 10.8 Å². The third-order valence-electron chi connectivity index (χ3n) is 5.13. The number of hydrogen-bond acceptors (Lipinski definition) is 4. The number of anilines is 1. The van der Waals surface area contributed by atoms with E-state index in [1.54, 1.807) is 30.3 Å². The summed E-state index contributed by atoms with van der Waals surface area (Å²) in [6.07, 6.45) is -2.13. The number of pyridine rings is 1. The molecule has 0 saturated heterocycles. The third-order valence-corrected chi connectivity index (χ3v) is 5.40. The van der Waals surface area contributed by atoms with E-state index in [4.69, 9.17) is 16.3 Å². The number of carbonyl (C=O) groups excluding carboxylic acids is 1. The van der Waals surface area contributed by atoms with E-state index in [0.29, 0.717) is 28.9 Å². The molecule has 0 radical (unpaired) electrons. The van der Waals surface area contributed by atoms with Crippen LogP contribution in [0.2, 0.25) is 5.02 Å². The predicted octanol–water partition coefficient (Wildman–Crippen LogP) is 7.38. The first-order valence-electron chi connectivity index (χ1n) is 10.6. The van der Waals surface area contributed by atoms with Crippen molar-refractivity contribution in [3.63, 3.8) is 0 Å². The van der Waals surface area contributed by atoms with Crippen LogP contribution in [0.15, 0.2) is 77.5 Å². The van der Waals surface area contributed by atoms with Crippen molar-refractivity contribution in [3.05, 3.63) is 88.6 Å². The van der Waals surface area contributed by atoms with Gasteiger partial charge < -0.3 is 4.74 Å². The maximum Gasteiger partial charge on any atom is 0.417 e. The Morgan fingerprint density at radius 1 is 1.00 bits per heavy atom. The van der Waals surface area contributed by atoms with Gasteiger partial charge in [-0.15, -0.1) is 0 Å². The lowest BCUT2D eigenvalue weighted by Gasteiger charge is -2.18. The smallest absolute Gasteiger partial charge is 0.417 e. The Balaban J connectivity index is 1.58. The van der Waals surface area contributed by atoms with E-state index in [1.165, 1.54) is 5.01 Å². The first-order valence-corrected chi connectivity index (χ1v) is 11.0. The fraction of sp³-hybridized carbons (Fsp3) is 0.192. The molecule has 3 aromatic rings. The Bertz CT molecular complexity index is 1310.